The summed E-state index contributed by atoms with van der Waals surface area (Å²) in [5.74, 6) is 1.15. The fourth-order valence-corrected chi connectivity index (χ4v) is 3.60. The Morgan fingerprint density at radius 3 is 2.75 bits per heavy atom. The van der Waals surface area contributed by atoms with E-state index in [9.17, 15) is 9.18 Å². The molecule has 24 heavy (non-hydrogen) atoms. The fourth-order valence-electron chi connectivity index (χ4n) is 2.64. The maximum absolute atomic E-state index is 13.1. The first-order valence-electron chi connectivity index (χ1n) is 7.89. The van der Waals surface area contributed by atoms with Gasteiger partial charge in [0.1, 0.15) is 5.82 Å². The number of hydrogen-bond donors (Lipinski definition) is 0. The van der Waals surface area contributed by atoms with E-state index in [1.165, 1.54) is 23.9 Å². The van der Waals surface area contributed by atoms with Crippen molar-refractivity contribution in [1.29, 1.82) is 0 Å². The maximum Gasteiger partial charge on any atom is 0.223 e. The summed E-state index contributed by atoms with van der Waals surface area (Å²) in [5.41, 5.74) is 0.798. The van der Waals surface area contributed by atoms with Gasteiger partial charge in [-0.3, -0.25) is 9.36 Å². The van der Waals surface area contributed by atoms with Crippen LogP contribution < -0.4 is 0 Å². The minimum atomic E-state index is -0.285. The van der Waals surface area contributed by atoms with Gasteiger partial charge in [-0.1, -0.05) is 17.8 Å². The molecule has 0 saturated carbocycles. The Morgan fingerprint density at radius 1 is 1.25 bits per heavy atom. The van der Waals surface area contributed by atoms with Crippen LogP contribution in [0.25, 0.3) is 11.4 Å². The first-order chi connectivity index (χ1) is 11.7. The molecule has 1 aromatic heterocycles. The Balaban J connectivity index is 1.79. The van der Waals surface area contributed by atoms with E-state index >= 15 is 0 Å². The second kappa shape index (κ2) is 7.61. The lowest BCUT2D eigenvalue weighted by Gasteiger charge is -2.25. The highest BCUT2D eigenvalue weighted by Crippen LogP contribution is 2.25. The normalized spacial score (nSPS) is 14.9. The van der Waals surface area contributed by atoms with Gasteiger partial charge in [0.15, 0.2) is 11.0 Å². The fraction of sp³-hybridized carbons (Fsp3) is 0.353. The van der Waals surface area contributed by atoms with Gasteiger partial charge in [0, 0.05) is 25.1 Å². The van der Waals surface area contributed by atoms with E-state index in [-0.39, 0.29) is 11.7 Å². The van der Waals surface area contributed by atoms with Crippen LogP contribution in [0.4, 0.5) is 4.39 Å². The predicted molar refractivity (Wildman–Crippen MR) is 91.9 cm³/mol. The molecule has 0 spiro atoms. The molecule has 126 valence electrons. The van der Waals surface area contributed by atoms with Crippen molar-refractivity contribution in [3.8, 4) is 11.4 Å². The highest BCUT2D eigenvalue weighted by Gasteiger charge is 2.20. The van der Waals surface area contributed by atoms with Crippen LogP contribution in [0.2, 0.25) is 0 Å². The number of hydrogen-bond acceptors (Lipinski definition) is 4. The van der Waals surface area contributed by atoms with Crippen LogP contribution in [-0.2, 0) is 11.3 Å². The number of rotatable bonds is 6. The number of halogens is 1. The van der Waals surface area contributed by atoms with Crippen molar-refractivity contribution in [2.75, 3.05) is 12.4 Å². The average Bonchev–Trinajstić information content (AvgIpc) is 2.98. The first-order valence-corrected chi connectivity index (χ1v) is 8.88. The van der Waals surface area contributed by atoms with Gasteiger partial charge in [-0.25, -0.2) is 4.39 Å². The minimum absolute atomic E-state index is 0.197. The van der Waals surface area contributed by atoms with E-state index in [0.717, 1.165) is 30.1 Å². The molecule has 0 N–H and O–H groups in total. The minimum Gasteiger partial charge on any atom is -0.333 e. The first kappa shape index (κ1) is 16.7. The van der Waals surface area contributed by atoms with Crippen molar-refractivity contribution in [2.45, 2.75) is 31.0 Å². The van der Waals surface area contributed by atoms with E-state index < -0.39 is 0 Å². The molecule has 0 unspecified atom stereocenters. The van der Waals surface area contributed by atoms with Crippen LogP contribution >= 0.6 is 11.8 Å². The van der Waals surface area contributed by atoms with Crippen molar-refractivity contribution in [1.82, 2.24) is 19.7 Å². The number of likely N-dealkylation sites (tertiary alicyclic amines) is 1. The zero-order valence-corrected chi connectivity index (χ0v) is 14.1. The van der Waals surface area contributed by atoms with E-state index in [4.69, 9.17) is 0 Å². The predicted octanol–water partition coefficient (Wildman–Crippen LogP) is 3.33. The third-order valence-electron chi connectivity index (χ3n) is 3.90. The van der Waals surface area contributed by atoms with Gasteiger partial charge in [-0.2, -0.15) is 0 Å². The largest absolute Gasteiger partial charge is 0.333 e. The van der Waals surface area contributed by atoms with Gasteiger partial charge < -0.3 is 4.90 Å². The van der Waals surface area contributed by atoms with Crippen molar-refractivity contribution in [2.24, 2.45) is 0 Å². The molecule has 0 radical (unpaired) electrons. The number of carbonyl (C=O) groups is 1. The summed E-state index contributed by atoms with van der Waals surface area (Å²) in [6.07, 6.45) is 4.42. The number of allylic oxidation sites excluding steroid dienone is 1. The average molecular weight is 346 g/mol. The maximum atomic E-state index is 13.1. The SMILES string of the molecule is C=CCn1c(SCN2CCCCC2=O)nnc1-c1ccc(F)cc1. The third-order valence-corrected chi connectivity index (χ3v) is 4.90. The number of amides is 1. The molecular weight excluding hydrogens is 327 g/mol. The van der Waals surface area contributed by atoms with Gasteiger partial charge in [-0.05, 0) is 37.1 Å². The zero-order valence-electron chi connectivity index (χ0n) is 13.3. The highest BCUT2D eigenvalue weighted by molar-refractivity contribution is 7.99. The molecule has 1 aliphatic rings. The summed E-state index contributed by atoms with van der Waals surface area (Å²) >= 11 is 1.49. The molecule has 0 atom stereocenters. The lowest BCUT2D eigenvalue weighted by Crippen LogP contribution is -2.34. The second-order valence-corrected chi connectivity index (χ2v) is 6.51. The molecule has 1 saturated heterocycles. The summed E-state index contributed by atoms with van der Waals surface area (Å²) in [6.45, 7) is 5.13. The lowest BCUT2D eigenvalue weighted by molar-refractivity contribution is -0.132. The van der Waals surface area contributed by atoms with Crippen LogP contribution in [0.1, 0.15) is 19.3 Å². The molecule has 1 aromatic carbocycles. The Hall–Kier alpha value is -2.15. The zero-order chi connectivity index (χ0) is 16.9. The molecule has 1 aliphatic heterocycles. The monoisotopic (exact) mass is 346 g/mol. The number of aromatic nitrogens is 3. The summed E-state index contributed by atoms with van der Waals surface area (Å²) in [6, 6.07) is 6.17. The van der Waals surface area contributed by atoms with E-state index in [1.807, 2.05) is 9.47 Å². The van der Waals surface area contributed by atoms with Gasteiger partial charge in [0.2, 0.25) is 5.91 Å². The number of thioether (sulfide) groups is 1. The third kappa shape index (κ3) is 3.67. The quantitative estimate of drug-likeness (QED) is 0.595. The molecular formula is C17H19FN4OS. The number of piperidine rings is 1. The Labute approximate surface area is 144 Å². The van der Waals surface area contributed by atoms with E-state index in [0.29, 0.717) is 24.7 Å². The van der Waals surface area contributed by atoms with Crippen molar-refractivity contribution in [3.05, 3.63) is 42.7 Å². The van der Waals surface area contributed by atoms with Crippen LogP contribution in [0, 0.1) is 5.82 Å². The topological polar surface area (TPSA) is 51.0 Å². The van der Waals surface area contributed by atoms with Gasteiger partial charge in [-0.15, -0.1) is 16.8 Å². The summed E-state index contributed by atoms with van der Waals surface area (Å²) in [5, 5.41) is 9.20. The van der Waals surface area contributed by atoms with E-state index in [1.54, 1.807) is 18.2 Å². The molecule has 2 aromatic rings. The van der Waals surface area contributed by atoms with Gasteiger partial charge >= 0.3 is 0 Å². The smallest absolute Gasteiger partial charge is 0.223 e. The van der Waals surface area contributed by atoms with Crippen molar-refractivity contribution in [3.63, 3.8) is 0 Å². The molecule has 1 fully saturated rings. The Kier molecular flexibility index (Phi) is 5.30. The van der Waals surface area contributed by atoms with Crippen LogP contribution in [0.5, 0.6) is 0 Å². The van der Waals surface area contributed by atoms with Crippen LogP contribution in [0.15, 0.2) is 42.1 Å². The molecule has 7 heteroatoms. The van der Waals surface area contributed by atoms with E-state index in [2.05, 4.69) is 16.8 Å². The lowest BCUT2D eigenvalue weighted by atomic mass is 10.1. The number of carbonyl (C=O) groups excluding carboxylic acids is 1. The van der Waals surface area contributed by atoms with Crippen LogP contribution in [0.3, 0.4) is 0 Å². The summed E-state index contributed by atoms with van der Waals surface area (Å²) in [7, 11) is 0. The second-order valence-electron chi connectivity index (χ2n) is 5.60. The molecule has 0 aliphatic carbocycles. The molecule has 5 nitrogen and oxygen atoms in total. The van der Waals surface area contributed by atoms with Crippen LogP contribution in [-0.4, -0.2) is 38.0 Å². The molecule has 3 rings (SSSR count). The Bertz CT molecular complexity index is 729. The van der Waals surface area contributed by atoms with Crippen molar-refractivity contribution >= 4 is 17.7 Å². The van der Waals surface area contributed by atoms with Gasteiger partial charge in [0.25, 0.3) is 0 Å². The Morgan fingerprint density at radius 2 is 2.04 bits per heavy atom. The summed E-state index contributed by atoms with van der Waals surface area (Å²) < 4.78 is 15.0. The number of nitrogens with zero attached hydrogens (tertiary/aromatic N) is 4. The van der Waals surface area contributed by atoms with Crippen molar-refractivity contribution < 1.29 is 9.18 Å². The molecule has 0 bridgehead atoms. The highest BCUT2D eigenvalue weighted by atomic mass is 32.2. The van der Waals surface area contributed by atoms with Gasteiger partial charge in [0.05, 0.1) is 5.88 Å². The molecule has 1 amide bonds. The number of benzene rings is 1. The molecule has 2 heterocycles. The standard InChI is InChI=1S/C17H19FN4OS/c1-2-10-22-16(13-6-8-14(18)9-7-13)19-20-17(22)24-12-21-11-4-3-5-15(21)23/h2,6-9H,1,3-5,10-12H2. The summed E-state index contributed by atoms with van der Waals surface area (Å²) in [4.78, 5) is 13.8.